The average Bonchev–Trinajstić information content (AvgIpc) is 1.87. The highest BCUT2D eigenvalue weighted by Gasteiger charge is 1.86. The summed E-state index contributed by atoms with van der Waals surface area (Å²) in [4.78, 5) is 0. The maximum Gasteiger partial charge on any atom is 0.0546 e. The van der Waals surface area contributed by atoms with Crippen LogP contribution in [0, 0.1) is 0 Å². The molecule has 0 aromatic carbocycles. The summed E-state index contributed by atoms with van der Waals surface area (Å²) in [7, 11) is 0. The van der Waals surface area contributed by atoms with Crippen molar-refractivity contribution in [3.8, 4) is 0 Å². The van der Waals surface area contributed by atoms with Gasteiger partial charge in [-0.3, -0.25) is 0 Å². The number of hydrogen-bond acceptors (Lipinski definition) is 1. The van der Waals surface area contributed by atoms with Gasteiger partial charge in [0.05, 0.1) is 6.10 Å². The summed E-state index contributed by atoms with van der Waals surface area (Å²) in [6, 6.07) is 0. The van der Waals surface area contributed by atoms with Crippen LogP contribution in [0.2, 0.25) is 0 Å². The van der Waals surface area contributed by atoms with E-state index in [1.165, 1.54) is 0 Å². The van der Waals surface area contributed by atoms with E-state index in [-0.39, 0.29) is 6.10 Å². The van der Waals surface area contributed by atoms with Gasteiger partial charge >= 0.3 is 0 Å². The van der Waals surface area contributed by atoms with Crippen molar-refractivity contribution in [2.24, 2.45) is 0 Å². The molecule has 0 heterocycles. The monoisotopic (exact) mass is 160 g/mol. The summed E-state index contributed by atoms with van der Waals surface area (Å²) >= 11 is 5.37. The highest BCUT2D eigenvalue weighted by atomic mass is 35.5. The summed E-state index contributed by atoms with van der Waals surface area (Å²) in [5, 5.41) is 8.81. The summed E-state index contributed by atoms with van der Waals surface area (Å²) < 4.78 is 0. The Balaban J connectivity index is 3.28. The van der Waals surface area contributed by atoms with Crippen LogP contribution in [-0.2, 0) is 0 Å². The minimum Gasteiger partial charge on any atom is -0.393 e. The van der Waals surface area contributed by atoms with E-state index in [0.717, 1.165) is 0 Å². The zero-order valence-corrected chi connectivity index (χ0v) is 6.88. The second kappa shape index (κ2) is 6.84. The predicted molar refractivity (Wildman–Crippen MR) is 45.3 cm³/mol. The molecule has 10 heavy (non-hydrogen) atoms. The maximum absolute atomic E-state index is 8.81. The van der Waals surface area contributed by atoms with Crippen LogP contribution in [0.4, 0.5) is 0 Å². The first-order valence-electron chi connectivity index (χ1n) is 3.33. The van der Waals surface area contributed by atoms with E-state index in [1.54, 1.807) is 6.92 Å². The fourth-order valence-electron chi connectivity index (χ4n) is 0.484. The fraction of sp³-hybridized carbons (Fsp3) is 0.500. The Hall–Kier alpha value is -0.270. The molecule has 0 fully saturated rings. The molecule has 0 bridgehead atoms. The minimum atomic E-state index is -0.249. The first-order valence-corrected chi connectivity index (χ1v) is 3.86. The van der Waals surface area contributed by atoms with E-state index in [9.17, 15) is 0 Å². The number of aliphatic hydroxyl groups is 1. The second-order valence-corrected chi connectivity index (χ2v) is 2.40. The molecule has 0 aliphatic rings. The molecular formula is C8H13ClO. The third-order valence-electron chi connectivity index (χ3n) is 0.950. The van der Waals surface area contributed by atoms with Gasteiger partial charge in [-0.2, -0.15) is 0 Å². The van der Waals surface area contributed by atoms with Crippen molar-refractivity contribution in [1.82, 2.24) is 0 Å². The van der Waals surface area contributed by atoms with Gasteiger partial charge in [0, 0.05) is 5.88 Å². The molecule has 58 valence electrons. The van der Waals surface area contributed by atoms with Crippen LogP contribution in [-0.4, -0.2) is 17.1 Å². The van der Waals surface area contributed by atoms with Crippen molar-refractivity contribution in [1.29, 1.82) is 0 Å². The van der Waals surface area contributed by atoms with Crippen molar-refractivity contribution in [3.63, 3.8) is 0 Å². The molecule has 0 radical (unpaired) electrons. The molecule has 0 aliphatic carbocycles. The first-order chi connectivity index (χ1) is 4.77. The summed E-state index contributed by atoms with van der Waals surface area (Å²) in [6.45, 7) is 1.76. The molecule has 0 saturated carbocycles. The van der Waals surface area contributed by atoms with E-state index in [1.807, 2.05) is 24.3 Å². The Morgan fingerprint density at radius 3 is 2.50 bits per heavy atom. The van der Waals surface area contributed by atoms with Crippen molar-refractivity contribution in [2.45, 2.75) is 19.4 Å². The van der Waals surface area contributed by atoms with Gasteiger partial charge in [-0.05, 0) is 13.3 Å². The first kappa shape index (κ1) is 9.73. The Labute approximate surface area is 67.0 Å². The number of alkyl halides is 1. The van der Waals surface area contributed by atoms with Gasteiger partial charge in [0.1, 0.15) is 0 Å². The van der Waals surface area contributed by atoms with Crippen LogP contribution in [0.3, 0.4) is 0 Å². The Morgan fingerprint density at radius 2 is 2.00 bits per heavy atom. The van der Waals surface area contributed by atoms with Crippen molar-refractivity contribution in [3.05, 3.63) is 24.3 Å². The number of rotatable bonds is 4. The quantitative estimate of drug-likeness (QED) is 0.494. The third-order valence-corrected chi connectivity index (χ3v) is 1.13. The molecule has 1 unspecified atom stereocenters. The Morgan fingerprint density at radius 1 is 1.40 bits per heavy atom. The van der Waals surface area contributed by atoms with E-state index in [4.69, 9.17) is 16.7 Å². The largest absolute Gasteiger partial charge is 0.393 e. The van der Waals surface area contributed by atoms with Crippen LogP contribution >= 0.6 is 11.6 Å². The molecule has 0 aromatic heterocycles. The van der Waals surface area contributed by atoms with Gasteiger partial charge in [-0.15, -0.1) is 11.6 Å². The van der Waals surface area contributed by atoms with Gasteiger partial charge in [0.2, 0.25) is 0 Å². The normalized spacial score (nSPS) is 15.1. The maximum atomic E-state index is 8.81. The minimum absolute atomic E-state index is 0.249. The molecular weight excluding hydrogens is 148 g/mol. The van der Waals surface area contributed by atoms with Crippen molar-refractivity contribution >= 4 is 11.6 Å². The third kappa shape index (κ3) is 7.73. The summed E-state index contributed by atoms with van der Waals surface area (Å²) in [5.41, 5.74) is 0. The zero-order chi connectivity index (χ0) is 7.82. The standard InChI is InChI=1S/C8H13ClO/c1-8(10)6-4-2-3-5-7-9/h2-5,8,10H,6-7H2,1H3/b4-2-,5-3-. The lowest BCUT2D eigenvalue weighted by molar-refractivity contribution is 0.198. The van der Waals surface area contributed by atoms with Crippen LogP contribution < -0.4 is 0 Å². The van der Waals surface area contributed by atoms with Crippen LogP contribution in [0.1, 0.15) is 13.3 Å². The number of halogens is 1. The van der Waals surface area contributed by atoms with Crippen LogP contribution in [0.25, 0.3) is 0 Å². The SMILES string of the molecule is CC(O)C/C=C\C=C/CCl. The highest BCUT2D eigenvalue weighted by molar-refractivity contribution is 6.18. The smallest absolute Gasteiger partial charge is 0.0546 e. The van der Waals surface area contributed by atoms with E-state index in [2.05, 4.69) is 0 Å². The molecule has 2 heteroatoms. The molecule has 0 aromatic rings. The number of hydrogen-bond donors (Lipinski definition) is 1. The topological polar surface area (TPSA) is 20.2 Å². The lowest BCUT2D eigenvalue weighted by Crippen LogP contribution is -1.94. The van der Waals surface area contributed by atoms with Crippen molar-refractivity contribution < 1.29 is 5.11 Å². The Bertz CT molecular complexity index is 116. The lowest BCUT2D eigenvalue weighted by Gasteiger charge is -1.93. The molecule has 0 spiro atoms. The molecule has 0 aliphatic heterocycles. The molecule has 1 nitrogen and oxygen atoms in total. The number of aliphatic hydroxyl groups excluding tert-OH is 1. The van der Waals surface area contributed by atoms with Crippen molar-refractivity contribution in [2.75, 3.05) is 5.88 Å². The van der Waals surface area contributed by atoms with Gasteiger partial charge < -0.3 is 5.11 Å². The van der Waals surface area contributed by atoms with E-state index >= 15 is 0 Å². The number of allylic oxidation sites excluding steroid dienone is 3. The van der Waals surface area contributed by atoms with Crippen LogP contribution in [0.5, 0.6) is 0 Å². The average molecular weight is 161 g/mol. The highest BCUT2D eigenvalue weighted by Crippen LogP contribution is 1.91. The molecule has 0 rings (SSSR count). The van der Waals surface area contributed by atoms with E-state index in [0.29, 0.717) is 12.3 Å². The van der Waals surface area contributed by atoms with E-state index < -0.39 is 0 Å². The Kier molecular flexibility index (Phi) is 6.66. The zero-order valence-electron chi connectivity index (χ0n) is 6.13. The summed E-state index contributed by atoms with van der Waals surface area (Å²) in [5.74, 6) is 0.541. The van der Waals surface area contributed by atoms with Gasteiger partial charge in [-0.25, -0.2) is 0 Å². The second-order valence-electron chi connectivity index (χ2n) is 2.10. The van der Waals surface area contributed by atoms with Gasteiger partial charge in [-0.1, -0.05) is 24.3 Å². The molecule has 0 saturated heterocycles. The molecule has 0 amide bonds. The van der Waals surface area contributed by atoms with Gasteiger partial charge in [0.15, 0.2) is 0 Å². The van der Waals surface area contributed by atoms with Gasteiger partial charge in [0.25, 0.3) is 0 Å². The lowest BCUT2D eigenvalue weighted by atomic mass is 10.2. The fourth-order valence-corrected chi connectivity index (χ4v) is 0.587. The molecule has 1 atom stereocenters. The predicted octanol–water partition coefficient (Wildman–Crippen LogP) is 2.11. The summed E-state index contributed by atoms with van der Waals surface area (Å²) in [6.07, 6.45) is 7.96. The molecule has 1 N–H and O–H groups in total. The van der Waals surface area contributed by atoms with Crippen LogP contribution in [0.15, 0.2) is 24.3 Å².